The Bertz CT molecular complexity index is 625. The fraction of sp³-hybridized carbons (Fsp3) is 0.412. The smallest absolute Gasteiger partial charge is 0.317 e. The molecule has 1 heterocycles. The van der Waals surface area contributed by atoms with E-state index in [2.05, 4.69) is 4.98 Å². The molecule has 0 spiro atoms. The van der Waals surface area contributed by atoms with Crippen LogP contribution in [0.5, 0.6) is 5.75 Å². The van der Waals surface area contributed by atoms with E-state index >= 15 is 0 Å². The zero-order valence-corrected chi connectivity index (χ0v) is 14.3. The van der Waals surface area contributed by atoms with Crippen LogP contribution >= 0.6 is 11.3 Å². The largest absolute Gasteiger partial charge is 0.494 e. The van der Waals surface area contributed by atoms with Crippen LogP contribution in [0.3, 0.4) is 0 Å². The number of aromatic nitrogens is 1. The molecule has 0 saturated carbocycles. The first-order valence-electron chi connectivity index (χ1n) is 7.74. The van der Waals surface area contributed by atoms with Crippen molar-refractivity contribution < 1.29 is 14.6 Å². The fourth-order valence-corrected chi connectivity index (χ4v) is 3.14. The molecule has 0 atom stereocenters. The molecular formula is C17H22N2O3S. The number of nitrogens with zero attached hydrogens (tertiary/aromatic N) is 2. The van der Waals surface area contributed by atoms with E-state index in [-0.39, 0.29) is 6.54 Å². The molecule has 0 fully saturated rings. The van der Waals surface area contributed by atoms with Crippen LogP contribution < -0.4 is 4.74 Å². The molecule has 0 radical (unpaired) electrons. The average Bonchev–Trinajstić information content (AvgIpc) is 2.96. The normalized spacial score (nSPS) is 10.9. The monoisotopic (exact) mass is 334 g/mol. The van der Waals surface area contributed by atoms with Gasteiger partial charge in [-0.1, -0.05) is 6.92 Å². The lowest BCUT2D eigenvalue weighted by Gasteiger charge is -2.17. The SMILES string of the molecule is CCCN(CC(=O)O)Cc1csc(-c2ccc(OCC)cc2)n1. The first kappa shape index (κ1) is 17.4. The van der Waals surface area contributed by atoms with E-state index in [1.165, 1.54) is 0 Å². The van der Waals surface area contributed by atoms with Crippen molar-refractivity contribution in [1.82, 2.24) is 9.88 Å². The molecular weight excluding hydrogens is 312 g/mol. The van der Waals surface area contributed by atoms with Crippen LogP contribution in [-0.4, -0.2) is 40.7 Å². The van der Waals surface area contributed by atoms with Gasteiger partial charge in [0.15, 0.2) is 0 Å². The maximum absolute atomic E-state index is 10.9. The lowest BCUT2D eigenvalue weighted by Crippen LogP contribution is -2.30. The van der Waals surface area contributed by atoms with E-state index < -0.39 is 5.97 Å². The van der Waals surface area contributed by atoms with Gasteiger partial charge in [0.05, 0.1) is 18.8 Å². The van der Waals surface area contributed by atoms with Gasteiger partial charge in [0.25, 0.3) is 0 Å². The van der Waals surface area contributed by atoms with Gasteiger partial charge in [0.1, 0.15) is 10.8 Å². The third-order valence-corrected chi connectivity index (χ3v) is 4.19. The number of hydrogen-bond donors (Lipinski definition) is 1. The summed E-state index contributed by atoms with van der Waals surface area (Å²) in [4.78, 5) is 17.4. The topological polar surface area (TPSA) is 62.7 Å². The Labute approximate surface area is 140 Å². The Morgan fingerprint density at radius 2 is 2.04 bits per heavy atom. The van der Waals surface area contributed by atoms with Crippen molar-refractivity contribution in [3.8, 4) is 16.3 Å². The van der Waals surface area contributed by atoms with Crippen molar-refractivity contribution in [1.29, 1.82) is 0 Å². The second-order valence-electron chi connectivity index (χ2n) is 5.21. The van der Waals surface area contributed by atoms with Crippen LogP contribution in [0.15, 0.2) is 29.6 Å². The minimum absolute atomic E-state index is 0.0454. The van der Waals surface area contributed by atoms with E-state index in [9.17, 15) is 4.79 Å². The number of rotatable bonds is 9. The summed E-state index contributed by atoms with van der Waals surface area (Å²) in [6.07, 6.45) is 0.920. The number of ether oxygens (including phenoxy) is 1. The Balaban J connectivity index is 2.05. The van der Waals surface area contributed by atoms with Crippen molar-refractivity contribution in [2.45, 2.75) is 26.8 Å². The van der Waals surface area contributed by atoms with Gasteiger partial charge < -0.3 is 9.84 Å². The van der Waals surface area contributed by atoms with Crippen molar-refractivity contribution in [3.05, 3.63) is 35.3 Å². The predicted molar refractivity (Wildman–Crippen MR) is 91.9 cm³/mol. The van der Waals surface area contributed by atoms with E-state index in [0.717, 1.165) is 35.0 Å². The molecule has 0 saturated heterocycles. The third kappa shape index (κ3) is 5.33. The molecule has 0 bridgehead atoms. The van der Waals surface area contributed by atoms with Gasteiger partial charge in [-0.15, -0.1) is 11.3 Å². The zero-order valence-electron chi connectivity index (χ0n) is 13.5. The van der Waals surface area contributed by atoms with Crippen molar-refractivity contribution >= 4 is 17.3 Å². The number of carbonyl (C=O) groups is 1. The second kappa shape index (κ2) is 8.64. The Hall–Kier alpha value is -1.92. The fourth-order valence-electron chi connectivity index (χ4n) is 2.32. The highest BCUT2D eigenvalue weighted by atomic mass is 32.1. The molecule has 1 aromatic heterocycles. The highest BCUT2D eigenvalue weighted by Crippen LogP contribution is 2.26. The highest BCUT2D eigenvalue weighted by Gasteiger charge is 2.12. The van der Waals surface area contributed by atoms with Crippen LogP contribution in [0, 0.1) is 0 Å². The van der Waals surface area contributed by atoms with Crippen LogP contribution in [0.2, 0.25) is 0 Å². The standard InChI is InChI=1S/C17H22N2O3S/c1-3-9-19(11-16(20)21)10-14-12-23-17(18-14)13-5-7-15(8-6-13)22-4-2/h5-8,12H,3-4,9-11H2,1-2H3,(H,20,21). The average molecular weight is 334 g/mol. The Morgan fingerprint density at radius 3 is 2.65 bits per heavy atom. The lowest BCUT2D eigenvalue weighted by molar-refractivity contribution is -0.138. The van der Waals surface area contributed by atoms with Crippen LogP contribution in [0.25, 0.3) is 10.6 Å². The Morgan fingerprint density at radius 1 is 1.30 bits per heavy atom. The number of aliphatic carboxylic acids is 1. The van der Waals surface area contributed by atoms with Gasteiger partial charge in [0.2, 0.25) is 0 Å². The number of thiazole rings is 1. The van der Waals surface area contributed by atoms with E-state index in [4.69, 9.17) is 9.84 Å². The first-order chi connectivity index (χ1) is 11.1. The van der Waals surface area contributed by atoms with Crippen LogP contribution in [-0.2, 0) is 11.3 Å². The minimum Gasteiger partial charge on any atom is -0.494 e. The molecule has 0 aliphatic heterocycles. The molecule has 2 rings (SSSR count). The van der Waals surface area contributed by atoms with Gasteiger partial charge in [-0.2, -0.15) is 0 Å². The van der Waals surface area contributed by atoms with Gasteiger partial charge >= 0.3 is 5.97 Å². The molecule has 1 N–H and O–H groups in total. The Kier molecular flexibility index (Phi) is 6.55. The molecule has 23 heavy (non-hydrogen) atoms. The minimum atomic E-state index is -0.805. The summed E-state index contributed by atoms with van der Waals surface area (Å²) in [5.74, 6) is 0.0454. The summed E-state index contributed by atoms with van der Waals surface area (Å²) in [6.45, 7) is 6.01. The molecule has 0 aliphatic rings. The van der Waals surface area contributed by atoms with Crippen molar-refractivity contribution in [3.63, 3.8) is 0 Å². The maximum atomic E-state index is 10.9. The summed E-state index contributed by atoms with van der Waals surface area (Å²) in [5, 5.41) is 11.9. The number of carboxylic acids is 1. The zero-order chi connectivity index (χ0) is 16.7. The van der Waals surface area contributed by atoms with E-state index in [1.807, 2.05) is 48.4 Å². The van der Waals surface area contributed by atoms with E-state index in [0.29, 0.717) is 13.2 Å². The van der Waals surface area contributed by atoms with Gasteiger partial charge in [-0.3, -0.25) is 9.69 Å². The molecule has 1 aromatic carbocycles. The summed E-state index contributed by atoms with van der Waals surface area (Å²) < 4.78 is 5.44. The van der Waals surface area contributed by atoms with Gasteiger partial charge in [-0.25, -0.2) is 4.98 Å². The van der Waals surface area contributed by atoms with Gasteiger partial charge in [-0.05, 0) is 44.2 Å². The van der Waals surface area contributed by atoms with Gasteiger partial charge in [0, 0.05) is 17.5 Å². The molecule has 2 aromatic rings. The summed E-state index contributed by atoms with van der Waals surface area (Å²) in [6, 6.07) is 7.87. The predicted octanol–water partition coefficient (Wildman–Crippen LogP) is 3.51. The highest BCUT2D eigenvalue weighted by molar-refractivity contribution is 7.13. The number of benzene rings is 1. The van der Waals surface area contributed by atoms with Crippen LogP contribution in [0.4, 0.5) is 0 Å². The van der Waals surface area contributed by atoms with E-state index in [1.54, 1.807) is 11.3 Å². The summed E-state index contributed by atoms with van der Waals surface area (Å²) in [5.41, 5.74) is 1.96. The third-order valence-electron chi connectivity index (χ3n) is 3.25. The molecule has 0 amide bonds. The van der Waals surface area contributed by atoms with Crippen molar-refractivity contribution in [2.75, 3.05) is 19.7 Å². The molecule has 6 heteroatoms. The first-order valence-corrected chi connectivity index (χ1v) is 8.62. The van der Waals surface area contributed by atoms with Crippen LogP contribution in [0.1, 0.15) is 26.0 Å². The lowest BCUT2D eigenvalue weighted by atomic mass is 10.2. The summed E-state index contributed by atoms with van der Waals surface area (Å²) >= 11 is 1.57. The second-order valence-corrected chi connectivity index (χ2v) is 6.06. The number of carboxylic acid groups (broad SMARTS) is 1. The molecule has 124 valence electrons. The molecule has 0 aliphatic carbocycles. The van der Waals surface area contributed by atoms with Crippen molar-refractivity contribution in [2.24, 2.45) is 0 Å². The molecule has 0 unspecified atom stereocenters. The summed E-state index contributed by atoms with van der Waals surface area (Å²) in [7, 11) is 0. The quantitative estimate of drug-likeness (QED) is 0.760. The maximum Gasteiger partial charge on any atom is 0.317 e. The molecule has 5 nitrogen and oxygen atoms in total. The number of hydrogen-bond acceptors (Lipinski definition) is 5.